The van der Waals surface area contributed by atoms with E-state index in [0.29, 0.717) is 36.6 Å². The van der Waals surface area contributed by atoms with Crippen LogP contribution in [0, 0.1) is 6.92 Å². The average molecular weight is 396 g/mol. The van der Waals surface area contributed by atoms with E-state index in [1.165, 1.54) is 17.7 Å². The fraction of sp³-hybridized carbons (Fsp3) is 0.263. The monoisotopic (exact) mass is 396 g/mol. The zero-order valence-corrected chi connectivity index (χ0v) is 16.2. The van der Waals surface area contributed by atoms with Crippen molar-refractivity contribution in [2.45, 2.75) is 6.92 Å². The number of nitrogens with one attached hydrogen (secondary N) is 1. The van der Waals surface area contributed by atoms with E-state index in [2.05, 4.69) is 20.2 Å². The van der Waals surface area contributed by atoms with Gasteiger partial charge < -0.3 is 20.9 Å². The van der Waals surface area contributed by atoms with Gasteiger partial charge >= 0.3 is 6.03 Å². The number of piperazine rings is 1. The van der Waals surface area contributed by atoms with Crippen LogP contribution in [-0.2, 0) is 0 Å². The summed E-state index contributed by atoms with van der Waals surface area (Å²) in [7, 11) is 0. The molecule has 1 saturated heterocycles. The van der Waals surface area contributed by atoms with Gasteiger partial charge in [-0.25, -0.2) is 14.8 Å². The van der Waals surface area contributed by atoms with Crippen molar-refractivity contribution in [2.24, 2.45) is 5.73 Å². The molecule has 0 radical (unpaired) electrons. The second-order valence-corrected chi connectivity index (χ2v) is 7.71. The number of urea groups is 1. The van der Waals surface area contributed by atoms with E-state index in [0.717, 1.165) is 21.8 Å². The van der Waals surface area contributed by atoms with Crippen LogP contribution < -0.4 is 16.0 Å². The molecule has 1 aliphatic heterocycles. The molecule has 0 aliphatic carbocycles. The number of carbonyl (C=O) groups excluding carboxylic acids is 2. The van der Waals surface area contributed by atoms with Gasteiger partial charge in [0, 0.05) is 31.9 Å². The zero-order chi connectivity index (χ0) is 19.7. The lowest BCUT2D eigenvalue weighted by atomic mass is 10.2. The smallest absolute Gasteiger partial charge is 0.321 e. The Bertz CT molecular complexity index is 1020. The average Bonchev–Trinajstić information content (AvgIpc) is 3.15. The molecule has 3 N–H and O–H groups in total. The number of aryl methyl sites for hydroxylation is 1. The highest BCUT2D eigenvalue weighted by atomic mass is 32.1. The van der Waals surface area contributed by atoms with E-state index in [9.17, 15) is 9.59 Å². The van der Waals surface area contributed by atoms with Crippen molar-refractivity contribution in [3.8, 4) is 0 Å². The van der Waals surface area contributed by atoms with Crippen LogP contribution in [0.4, 0.5) is 16.3 Å². The van der Waals surface area contributed by atoms with Gasteiger partial charge in [-0.2, -0.15) is 0 Å². The van der Waals surface area contributed by atoms with Crippen molar-refractivity contribution < 1.29 is 9.59 Å². The minimum Gasteiger partial charge on any atom is -0.365 e. The molecule has 0 saturated carbocycles. The number of hydrogen-bond donors (Lipinski definition) is 2. The Morgan fingerprint density at radius 3 is 2.50 bits per heavy atom. The first-order valence-corrected chi connectivity index (χ1v) is 9.75. The molecule has 1 fully saturated rings. The first-order chi connectivity index (χ1) is 13.5. The summed E-state index contributed by atoms with van der Waals surface area (Å²) in [5.41, 5.74) is 8.03. The molecule has 28 heavy (non-hydrogen) atoms. The molecule has 0 spiro atoms. The van der Waals surface area contributed by atoms with Crippen LogP contribution in [0.3, 0.4) is 0 Å². The van der Waals surface area contributed by atoms with E-state index in [1.54, 1.807) is 11.0 Å². The zero-order valence-electron chi connectivity index (χ0n) is 15.4. The number of fused-ring (bicyclic) bond motifs is 1. The molecule has 0 atom stereocenters. The Morgan fingerprint density at radius 1 is 1.11 bits per heavy atom. The number of hydrogen-bond acceptors (Lipinski definition) is 6. The van der Waals surface area contributed by atoms with Gasteiger partial charge in [0.15, 0.2) is 0 Å². The summed E-state index contributed by atoms with van der Waals surface area (Å²) in [5, 5.41) is 2.93. The Kier molecular flexibility index (Phi) is 4.82. The fourth-order valence-corrected chi connectivity index (χ4v) is 4.13. The van der Waals surface area contributed by atoms with E-state index < -0.39 is 5.91 Å². The summed E-state index contributed by atoms with van der Waals surface area (Å²) in [4.78, 5) is 37.0. The largest absolute Gasteiger partial charge is 0.365 e. The van der Waals surface area contributed by atoms with E-state index in [4.69, 9.17) is 5.73 Å². The first kappa shape index (κ1) is 18.2. The van der Waals surface area contributed by atoms with E-state index >= 15 is 0 Å². The summed E-state index contributed by atoms with van der Waals surface area (Å²) >= 11 is 1.30. The predicted octanol–water partition coefficient (Wildman–Crippen LogP) is 2.45. The Balaban J connectivity index is 1.44. The lowest BCUT2D eigenvalue weighted by Gasteiger charge is -2.35. The van der Waals surface area contributed by atoms with Crippen molar-refractivity contribution in [3.63, 3.8) is 0 Å². The molecule has 2 aromatic heterocycles. The van der Waals surface area contributed by atoms with Crippen molar-refractivity contribution in [2.75, 3.05) is 36.4 Å². The number of carbonyl (C=O) groups is 2. The van der Waals surface area contributed by atoms with Gasteiger partial charge in [-0.3, -0.25) is 4.79 Å². The first-order valence-electron chi connectivity index (χ1n) is 8.93. The summed E-state index contributed by atoms with van der Waals surface area (Å²) in [6, 6.07) is 9.31. The van der Waals surface area contributed by atoms with Gasteiger partial charge in [0.25, 0.3) is 5.91 Å². The topological polar surface area (TPSA) is 104 Å². The number of benzene rings is 1. The molecule has 8 nitrogen and oxygen atoms in total. The normalized spacial score (nSPS) is 14.3. The molecule has 3 aromatic rings. The second-order valence-electron chi connectivity index (χ2n) is 6.66. The maximum absolute atomic E-state index is 12.5. The fourth-order valence-electron chi connectivity index (χ4n) is 3.15. The van der Waals surface area contributed by atoms with Gasteiger partial charge in [0.1, 0.15) is 12.1 Å². The lowest BCUT2D eigenvalue weighted by molar-refractivity contribution is 0.100. The molecule has 1 aliphatic rings. The summed E-state index contributed by atoms with van der Waals surface area (Å²) in [6.45, 7) is 4.47. The van der Waals surface area contributed by atoms with Crippen LogP contribution in [0.2, 0.25) is 0 Å². The minimum absolute atomic E-state index is 0.108. The maximum atomic E-state index is 12.5. The van der Waals surface area contributed by atoms with Gasteiger partial charge in [-0.1, -0.05) is 17.7 Å². The highest BCUT2D eigenvalue weighted by Gasteiger charge is 2.24. The van der Waals surface area contributed by atoms with Gasteiger partial charge in [-0.05, 0) is 25.1 Å². The number of rotatable bonds is 3. The molecule has 1 aromatic carbocycles. The molecular formula is C19H20N6O2S. The summed E-state index contributed by atoms with van der Waals surface area (Å²) in [5.74, 6) is 0.313. The SMILES string of the molecule is Cc1ccc(NC(=O)N2CCN(c3ncnc4cc(C(N)=O)sc34)CC2)cc1. The van der Waals surface area contributed by atoms with Crippen molar-refractivity contribution in [1.82, 2.24) is 14.9 Å². The number of thiophene rings is 1. The van der Waals surface area contributed by atoms with Gasteiger partial charge in [-0.15, -0.1) is 11.3 Å². The molecule has 3 heterocycles. The number of amides is 3. The van der Waals surface area contributed by atoms with Crippen LogP contribution >= 0.6 is 11.3 Å². The number of anilines is 2. The molecule has 9 heteroatoms. The van der Waals surface area contributed by atoms with Crippen molar-refractivity contribution >= 4 is 45.0 Å². The summed E-state index contributed by atoms with van der Waals surface area (Å²) < 4.78 is 0.842. The van der Waals surface area contributed by atoms with Crippen LogP contribution in [0.15, 0.2) is 36.7 Å². The minimum atomic E-state index is -0.466. The highest BCUT2D eigenvalue weighted by molar-refractivity contribution is 7.21. The molecule has 3 amide bonds. The van der Waals surface area contributed by atoms with Crippen LogP contribution in [0.25, 0.3) is 10.2 Å². The van der Waals surface area contributed by atoms with Crippen LogP contribution in [-0.4, -0.2) is 53.0 Å². The third-order valence-electron chi connectivity index (χ3n) is 4.70. The van der Waals surface area contributed by atoms with Crippen molar-refractivity contribution in [3.05, 3.63) is 47.1 Å². The Labute approximate surface area is 166 Å². The third-order valence-corrected chi connectivity index (χ3v) is 5.84. The van der Waals surface area contributed by atoms with E-state index in [-0.39, 0.29) is 6.03 Å². The summed E-state index contributed by atoms with van der Waals surface area (Å²) in [6.07, 6.45) is 1.49. The maximum Gasteiger partial charge on any atom is 0.321 e. The van der Waals surface area contributed by atoms with Gasteiger partial charge in [0.2, 0.25) is 0 Å². The second kappa shape index (κ2) is 7.43. The Hall–Kier alpha value is -3.20. The standard InChI is InChI=1S/C19H20N6O2S/c1-12-2-4-13(5-3-12)23-19(27)25-8-6-24(7-9-25)18-16-14(21-11-22-18)10-15(28-16)17(20)26/h2-5,10-11H,6-9H2,1H3,(H2,20,26)(H,23,27). The number of aromatic nitrogens is 2. The quantitative estimate of drug-likeness (QED) is 0.708. The van der Waals surface area contributed by atoms with E-state index in [1.807, 2.05) is 31.2 Å². The number of nitrogens with zero attached hydrogens (tertiary/aromatic N) is 4. The van der Waals surface area contributed by atoms with Crippen molar-refractivity contribution in [1.29, 1.82) is 0 Å². The molecule has 144 valence electrons. The van der Waals surface area contributed by atoms with Gasteiger partial charge in [0.05, 0.1) is 15.1 Å². The molecule has 0 unspecified atom stereocenters. The van der Waals surface area contributed by atoms with Crippen LogP contribution in [0.1, 0.15) is 15.2 Å². The molecular weight excluding hydrogens is 376 g/mol. The molecule has 0 bridgehead atoms. The predicted molar refractivity (Wildman–Crippen MR) is 110 cm³/mol. The molecule has 4 rings (SSSR count). The highest BCUT2D eigenvalue weighted by Crippen LogP contribution is 2.31. The van der Waals surface area contributed by atoms with Crippen LogP contribution in [0.5, 0.6) is 0 Å². The number of nitrogens with two attached hydrogens (primary N) is 1. The number of primary amides is 1. The Morgan fingerprint density at radius 2 is 1.82 bits per heavy atom. The third kappa shape index (κ3) is 3.61. The lowest BCUT2D eigenvalue weighted by Crippen LogP contribution is -2.50.